The molecule has 0 aliphatic carbocycles. The molecule has 2 heterocycles. The van der Waals surface area contributed by atoms with E-state index in [4.69, 9.17) is 22.5 Å². The van der Waals surface area contributed by atoms with Gasteiger partial charge in [-0.05, 0) is 23.9 Å². The maximum atomic E-state index is 8.67. The lowest BCUT2D eigenvalue weighted by Crippen LogP contribution is -2.16. The first kappa shape index (κ1) is 12.6. The number of halogens is 1. The molecule has 0 saturated heterocycles. The van der Waals surface area contributed by atoms with Crippen LogP contribution in [0, 0.1) is 0 Å². The molecule has 0 aliphatic rings. The Labute approximate surface area is 112 Å². The summed E-state index contributed by atoms with van der Waals surface area (Å²) in [5, 5.41) is 13.3. The number of hydrogen-bond donors (Lipinski definition) is 2. The minimum Gasteiger partial charge on any atom is -0.409 e. The van der Waals surface area contributed by atoms with Crippen LogP contribution in [0.3, 0.4) is 0 Å². The lowest BCUT2D eigenvalue weighted by atomic mass is 10.4. The molecule has 0 spiro atoms. The molecule has 0 bridgehead atoms. The normalized spacial score (nSPS) is 11.5. The average molecular weight is 282 g/mol. The molecule has 0 fully saturated rings. The molecule has 0 unspecified atom stereocenters. The molecule has 2 rings (SSSR count). The second-order valence-electron chi connectivity index (χ2n) is 3.11. The van der Waals surface area contributed by atoms with E-state index in [1.807, 2.05) is 0 Å². The van der Waals surface area contributed by atoms with E-state index in [-0.39, 0.29) is 5.84 Å². The molecule has 8 heteroatoms. The fourth-order valence-corrected chi connectivity index (χ4v) is 2.06. The van der Waals surface area contributed by atoms with E-state index in [9.17, 15) is 0 Å². The quantitative estimate of drug-likeness (QED) is 0.385. The summed E-state index contributed by atoms with van der Waals surface area (Å²) in [7, 11) is 0. The molecule has 2 aromatic heterocycles. The van der Waals surface area contributed by atoms with Crippen molar-refractivity contribution in [3.05, 3.63) is 41.4 Å². The van der Waals surface area contributed by atoms with Crippen molar-refractivity contribution in [1.82, 2.24) is 15.0 Å². The number of amidine groups is 1. The van der Waals surface area contributed by atoms with E-state index < -0.39 is 0 Å². The van der Waals surface area contributed by atoms with E-state index in [0.29, 0.717) is 20.8 Å². The topological polar surface area (TPSA) is 97.3 Å². The lowest BCUT2D eigenvalue weighted by molar-refractivity contribution is 0.318. The number of aromatic nitrogens is 3. The van der Waals surface area contributed by atoms with Crippen molar-refractivity contribution in [2.24, 2.45) is 10.9 Å². The molecule has 0 amide bonds. The summed E-state index contributed by atoms with van der Waals surface area (Å²) < 4.78 is 0. The molecule has 2 aromatic rings. The van der Waals surface area contributed by atoms with Gasteiger partial charge in [0.2, 0.25) is 0 Å². The summed E-state index contributed by atoms with van der Waals surface area (Å²) in [6.07, 6.45) is 4.52. The minimum absolute atomic E-state index is 0.0976. The molecule has 0 radical (unpaired) electrons. The van der Waals surface area contributed by atoms with Gasteiger partial charge in [-0.25, -0.2) is 15.0 Å². The standard InChI is InChI=1S/C10H8ClN5OS/c11-6-1-2-7(15-5-6)18-10-8(9(12)16-17)13-3-4-14-10/h1-5,17H,(H2,12,16). The Morgan fingerprint density at radius 1 is 1.28 bits per heavy atom. The van der Waals surface area contributed by atoms with Gasteiger partial charge in [0.05, 0.1) is 5.02 Å². The highest BCUT2D eigenvalue weighted by atomic mass is 35.5. The molecule has 0 aromatic carbocycles. The van der Waals surface area contributed by atoms with Crippen LogP contribution in [0.4, 0.5) is 0 Å². The largest absolute Gasteiger partial charge is 0.409 e. The van der Waals surface area contributed by atoms with Crippen LogP contribution < -0.4 is 5.73 Å². The van der Waals surface area contributed by atoms with Gasteiger partial charge in [0.25, 0.3) is 0 Å². The van der Waals surface area contributed by atoms with Crippen LogP contribution in [0.25, 0.3) is 0 Å². The molecule has 0 atom stereocenters. The van der Waals surface area contributed by atoms with Gasteiger partial charge >= 0.3 is 0 Å². The van der Waals surface area contributed by atoms with E-state index in [1.165, 1.54) is 30.4 Å². The lowest BCUT2D eigenvalue weighted by Gasteiger charge is -2.04. The van der Waals surface area contributed by atoms with Crippen LogP contribution in [0.2, 0.25) is 5.02 Å². The zero-order valence-corrected chi connectivity index (χ0v) is 10.6. The number of nitrogens with zero attached hydrogens (tertiary/aromatic N) is 4. The first-order valence-corrected chi connectivity index (χ1v) is 5.98. The SMILES string of the molecule is NC(=NO)c1nccnc1Sc1ccc(Cl)cn1. The second kappa shape index (κ2) is 5.65. The van der Waals surface area contributed by atoms with Gasteiger partial charge in [-0.3, -0.25) is 0 Å². The van der Waals surface area contributed by atoms with Crippen LogP contribution in [0.1, 0.15) is 5.69 Å². The highest BCUT2D eigenvalue weighted by Gasteiger charge is 2.11. The molecule has 6 nitrogen and oxygen atoms in total. The maximum absolute atomic E-state index is 8.67. The van der Waals surface area contributed by atoms with Crippen LogP contribution >= 0.6 is 23.4 Å². The summed E-state index contributed by atoms with van der Waals surface area (Å²) >= 11 is 7.00. The van der Waals surface area contributed by atoms with Gasteiger partial charge < -0.3 is 10.9 Å². The number of nitrogens with two attached hydrogens (primary N) is 1. The Bertz CT molecular complexity index is 575. The fraction of sp³-hybridized carbons (Fsp3) is 0. The minimum atomic E-state index is -0.0976. The van der Waals surface area contributed by atoms with Gasteiger partial charge in [-0.2, -0.15) is 0 Å². The van der Waals surface area contributed by atoms with E-state index in [0.717, 1.165) is 0 Å². The summed E-state index contributed by atoms with van der Waals surface area (Å²) in [6, 6.07) is 3.47. The zero-order valence-electron chi connectivity index (χ0n) is 8.99. The van der Waals surface area contributed by atoms with Crippen LogP contribution in [0.5, 0.6) is 0 Å². The van der Waals surface area contributed by atoms with Crippen molar-refractivity contribution in [3.8, 4) is 0 Å². The van der Waals surface area contributed by atoms with Crippen molar-refractivity contribution in [1.29, 1.82) is 0 Å². The van der Waals surface area contributed by atoms with Crippen LogP contribution in [-0.2, 0) is 0 Å². The Balaban J connectivity index is 2.32. The number of hydrogen-bond acceptors (Lipinski definition) is 6. The molecule has 18 heavy (non-hydrogen) atoms. The highest BCUT2D eigenvalue weighted by molar-refractivity contribution is 7.99. The van der Waals surface area contributed by atoms with Gasteiger partial charge in [-0.1, -0.05) is 16.8 Å². The third-order valence-corrected chi connectivity index (χ3v) is 3.08. The van der Waals surface area contributed by atoms with Crippen molar-refractivity contribution in [2.45, 2.75) is 10.1 Å². The average Bonchev–Trinajstić information content (AvgIpc) is 2.41. The first-order chi connectivity index (χ1) is 8.70. The Kier molecular flexibility index (Phi) is 3.96. The summed E-state index contributed by atoms with van der Waals surface area (Å²) in [4.78, 5) is 12.3. The molecular weight excluding hydrogens is 274 g/mol. The van der Waals surface area contributed by atoms with Gasteiger partial charge in [0.1, 0.15) is 15.7 Å². The number of pyridine rings is 1. The smallest absolute Gasteiger partial charge is 0.191 e. The van der Waals surface area contributed by atoms with Crippen molar-refractivity contribution in [3.63, 3.8) is 0 Å². The Morgan fingerprint density at radius 2 is 2.06 bits per heavy atom. The predicted molar refractivity (Wildman–Crippen MR) is 67.9 cm³/mol. The monoisotopic (exact) mass is 281 g/mol. The van der Waals surface area contributed by atoms with Gasteiger partial charge in [-0.15, -0.1) is 0 Å². The zero-order chi connectivity index (χ0) is 13.0. The number of rotatable bonds is 3. The maximum Gasteiger partial charge on any atom is 0.191 e. The van der Waals surface area contributed by atoms with Gasteiger partial charge in [0, 0.05) is 18.6 Å². The van der Waals surface area contributed by atoms with Crippen LogP contribution in [-0.4, -0.2) is 26.0 Å². The third kappa shape index (κ3) is 2.88. The first-order valence-electron chi connectivity index (χ1n) is 4.79. The Morgan fingerprint density at radius 3 is 2.72 bits per heavy atom. The highest BCUT2D eigenvalue weighted by Crippen LogP contribution is 2.26. The summed E-state index contributed by atoms with van der Waals surface area (Å²) in [5.74, 6) is -0.0976. The molecule has 3 N–H and O–H groups in total. The molecular formula is C10H8ClN5OS. The van der Waals surface area contributed by atoms with Crippen molar-refractivity contribution < 1.29 is 5.21 Å². The molecule has 92 valence electrons. The summed E-state index contributed by atoms with van der Waals surface area (Å²) in [6.45, 7) is 0. The van der Waals surface area contributed by atoms with Gasteiger partial charge in [0.15, 0.2) is 5.84 Å². The third-order valence-electron chi connectivity index (χ3n) is 1.92. The van der Waals surface area contributed by atoms with Crippen LogP contribution in [0.15, 0.2) is 45.9 Å². The number of oxime groups is 1. The molecule has 0 saturated carbocycles. The molecule has 0 aliphatic heterocycles. The predicted octanol–water partition coefficient (Wildman–Crippen LogP) is 1.77. The van der Waals surface area contributed by atoms with E-state index >= 15 is 0 Å². The fourth-order valence-electron chi connectivity index (χ4n) is 1.14. The second-order valence-corrected chi connectivity index (χ2v) is 4.56. The Hall–Kier alpha value is -1.86. The van der Waals surface area contributed by atoms with E-state index in [2.05, 4.69) is 20.1 Å². The van der Waals surface area contributed by atoms with Crippen molar-refractivity contribution >= 4 is 29.2 Å². The van der Waals surface area contributed by atoms with E-state index in [1.54, 1.807) is 12.1 Å². The van der Waals surface area contributed by atoms with Crippen molar-refractivity contribution in [2.75, 3.05) is 0 Å². The summed E-state index contributed by atoms with van der Waals surface area (Å²) in [5.41, 5.74) is 5.82.